The summed E-state index contributed by atoms with van der Waals surface area (Å²) >= 11 is 6.79. The third-order valence-electron chi connectivity index (χ3n) is 4.72. The van der Waals surface area contributed by atoms with Crippen LogP contribution in [-0.4, -0.2) is 36.9 Å². The van der Waals surface area contributed by atoms with Crippen molar-refractivity contribution >= 4 is 39.5 Å². The number of hydrogen-bond acceptors (Lipinski definition) is 7. The molecule has 4 rings (SSSR count). The summed E-state index contributed by atoms with van der Waals surface area (Å²) in [6.07, 6.45) is 0.813. The van der Waals surface area contributed by atoms with Crippen molar-refractivity contribution in [3.63, 3.8) is 0 Å². The monoisotopic (exact) mass is 480 g/mol. The van der Waals surface area contributed by atoms with Crippen molar-refractivity contribution in [1.82, 2.24) is 30.4 Å². The lowest BCUT2D eigenvalue weighted by molar-refractivity contribution is 0.0976. The van der Waals surface area contributed by atoms with Gasteiger partial charge >= 0.3 is 0 Å². The van der Waals surface area contributed by atoms with Crippen LogP contribution >= 0.6 is 23.6 Å². The van der Waals surface area contributed by atoms with Crippen LogP contribution in [0.4, 0.5) is 0 Å². The molecule has 2 aromatic carbocycles. The Kier molecular flexibility index (Phi) is 6.95. The van der Waals surface area contributed by atoms with Crippen LogP contribution in [0.5, 0.6) is 5.75 Å². The van der Waals surface area contributed by atoms with E-state index in [2.05, 4.69) is 25.9 Å². The molecule has 0 bridgehead atoms. The van der Waals surface area contributed by atoms with E-state index in [1.54, 1.807) is 22.7 Å². The van der Waals surface area contributed by atoms with Crippen molar-refractivity contribution in [2.24, 2.45) is 0 Å². The van der Waals surface area contributed by atoms with Gasteiger partial charge in [-0.15, -0.1) is 10.2 Å². The number of nitrogens with zero attached hydrogens (tertiary/aromatic N) is 4. The van der Waals surface area contributed by atoms with E-state index in [0.29, 0.717) is 17.9 Å². The third-order valence-corrected chi connectivity index (χ3v) is 5.91. The topological polar surface area (TPSA) is 93.4 Å². The van der Waals surface area contributed by atoms with E-state index in [9.17, 15) is 4.79 Å². The Morgan fingerprint density at radius 3 is 2.70 bits per heavy atom. The number of carbonyl (C=O) groups excluding carboxylic acids is 1. The Morgan fingerprint density at radius 2 is 1.97 bits per heavy atom. The highest BCUT2D eigenvalue weighted by atomic mass is 32.1. The van der Waals surface area contributed by atoms with Gasteiger partial charge in [-0.25, -0.2) is 0 Å². The SMILES string of the molecule is CCc1nnc2sc(-c3ccc(CNC(=S)NC(=O)c4cccc(OC(C)C)c4)cc3)nn12. The van der Waals surface area contributed by atoms with Crippen molar-refractivity contribution in [1.29, 1.82) is 0 Å². The fourth-order valence-corrected chi connectivity index (χ4v) is 4.17. The van der Waals surface area contributed by atoms with Crippen LogP contribution in [0.25, 0.3) is 15.5 Å². The molecule has 4 aromatic rings. The molecule has 8 nitrogen and oxygen atoms in total. The molecule has 2 N–H and O–H groups in total. The second-order valence-electron chi connectivity index (χ2n) is 7.60. The van der Waals surface area contributed by atoms with Crippen molar-refractivity contribution in [3.8, 4) is 16.3 Å². The summed E-state index contributed by atoms with van der Waals surface area (Å²) in [4.78, 5) is 13.3. The van der Waals surface area contributed by atoms with E-state index in [1.807, 2.05) is 51.1 Å². The zero-order chi connectivity index (χ0) is 23.4. The Labute approximate surface area is 201 Å². The lowest BCUT2D eigenvalue weighted by Gasteiger charge is -2.12. The maximum absolute atomic E-state index is 12.5. The molecule has 33 heavy (non-hydrogen) atoms. The first-order valence-electron chi connectivity index (χ1n) is 10.6. The predicted octanol–water partition coefficient (Wildman–Crippen LogP) is 4.01. The number of rotatable bonds is 7. The van der Waals surface area contributed by atoms with Crippen LogP contribution in [0.2, 0.25) is 0 Å². The van der Waals surface area contributed by atoms with Crippen LogP contribution < -0.4 is 15.4 Å². The molecular formula is C23H24N6O2S2. The average Bonchev–Trinajstić information content (AvgIpc) is 3.38. The zero-order valence-corrected chi connectivity index (χ0v) is 20.2. The normalized spacial score (nSPS) is 11.0. The summed E-state index contributed by atoms with van der Waals surface area (Å²) < 4.78 is 7.43. The number of amides is 1. The van der Waals surface area contributed by atoms with Gasteiger partial charge in [-0.1, -0.05) is 48.6 Å². The van der Waals surface area contributed by atoms with Gasteiger partial charge in [0.05, 0.1) is 6.10 Å². The molecule has 0 aliphatic heterocycles. The van der Waals surface area contributed by atoms with Gasteiger partial charge in [0, 0.05) is 24.1 Å². The molecule has 0 aliphatic carbocycles. The largest absolute Gasteiger partial charge is 0.491 e. The van der Waals surface area contributed by atoms with Gasteiger partial charge in [0.25, 0.3) is 5.91 Å². The Balaban J connectivity index is 1.33. The molecule has 0 unspecified atom stereocenters. The molecule has 1 amide bonds. The van der Waals surface area contributed by atoms with Crippen molar-refractivity contribution in [2.45, 2.75) is 39.8 Å². The van der Waals surface area contributed by atoms with E-state index >= 15 is 0 Å². The van der Waals surface area contributed by atoms with Crippen molar-refractivity contribution in [2.75, 3.05) is 0 Å². The second-order valence-corrected chi connectivity index (χ2v) is 8.96. The highest BCUT2D eigenvalue weighted by molar-refractivity contribution is 7.80. The van der Waals surface area contributed by atoms with Crippen LogP contribution in [0, 0.1) is 0 Å². The van der Waals surface area contributed by atoms with Crippen LogP contribution in [0.1, 0.15) is 42.5 Å². The van der Waals surface area contributed by atoms with Gasteiger partial charge in [0.1, 0.15) is 10.8 Å². The molecule has 0 radical (unpaired) electrons. The Morgan fingerprint density at radius 1 is 1.18 bits per heavy atom. The Hall–Kier alpha value is -3.37. The average molecular weight is 481 g/mol. The highest BCUT2D eigenvalue weighted by Gasteiger charge is 2.12. The zero-order valence-electron chi connectivity index (χ0n) is 18.5. The molecule has 0 aliphatic rings. The number of benzene rings is 2. The number of aryl methyl sites for hydroxylation is 1. The van der Waals surface area contributed by atoms with Gasteiger partial charge in [0.2, 0.25) is 4.96 Å². The van der Waals surface area contributed by atoms with Crippen LogP contribution in [0.15, 0.2) is 48.5 Å². The van der Waals surface area contributed by atoms with Crippen molar-refractivity contribution in [3.05, 3.63) is 65.5 Å². The molecule has 0 saturated carbocycles. The summed E-state index contributed by atoms with van der Waals surface area (Å²) in [5.41, 5.74) is 2.52. The lowest BCUT2D eigenvalue weighted by Crippen LogP contribution is -2.38. The van der Waals surface area contributed by atoms with Gasteiger partial charge in [-0.3, -0.25) is 10.1 Å². The summed E-state index contributed by atoms with van der Waals surface area (Å²) in [5.74, 6) is 1.21. The van der Waals surface area contributed by atoms with Gasteiger partial charge in [-0.05, 0) is 49.8 Å². The maximum atomic E-state index is 12.5. The minimum atomic E-state index is -0.285. The van der Waals surface area contributed by atoms with E-state index in [1.165, 1.54) is 11.3 Å². The van der Waals surface area contributed by atoms with E-state index in [0.717, 1.165) is 33.3 Å². The number of carbonyl (C=O) groups is 1. The summed E-state index contributed by atoms with van der Waals surface area (Å²) in [6, 6.07) is 15.0. The number of nitrogens with one attached hydrogen (secondary N) is 2. The maximum Gasteiger partial charge on any atom is 0.257 e. The fourth-order valence-electron chi connectivity index (χ4n) is 3.14. The number of aromatic nitrogens is 4. The quantitative estimate of drug-likeness (QED) is 0.386. The molecule has 0 fully saturated rings. The molecule has 2 aromatic heterocycles. The predicted molar refractivity (Wildman–Crippen MR) is 133 cm³/mol. The second kappa shape index (κ2) is 10.1. The molecule has 0 saturated heterocycles. The molecule has 2 heterocycles. The number of ether oxygens (including phenoxy) is 1. The molecule has 0 atom stereocenters. The van der Waals surface area contributed by atoms with Gasteiger partial charge in [0.15, 0.2) is 10.9 Å². The first-order valence-corrected chi connectivity index (χ1v) is 11.8. The third kappa shape index (κ3) is 5.52. The highest BCUT2D eigenvalue weighted by Crippen LogP contribution is 2.25. The van der Waals surface area contributed by atoms with E-state index < -0.39 is 0 Å². The summed E-state index contributed by atoms with van der Waals surface area (Å²) in [5, 5.41) is 19.8. The fraction of sp³-hybridized carbons (Fsp3) is 0.261. The van der Waals surface area contributed by atoms with Gasteiger partial charge < -0.3 is 10.1 Å². The van der Waals surface area contributed by atoms with Crippen LogP contribution in [-0.2, 0) is 13.0 Å². The molecule has 0 spiro atoms. The standard InChI is InChI=1S/C23H24N6O2S2/c1-4-19-26-27-23-29(19)28-21(33-23)16-10-8-15(9-11-16)13-24-22(32)25-20(30)17-6-5-7-18(12-17)31-14(2)3/h5-12,14H,4,13H2,1-3H3,(H2,24,25,30,32). The minimum Gasteiger partial charge on any atom is -0.491 e. The van der Waals surface area contributed by atoms with E-state index in [-0.39, 0.29) is 17.1 Å². The lowest BCUT2D eigenvalue weighted by atomic mass is 10.1. The number of thiocarbonyl (C=S) groups is 1. The van der Waals surface area contributed by atoms with Crippen molar-refractivity contribution < 1.29 is 9.53 Å². The summed E-state index contributed by atoms with van der Waals surface area (Å²) in [6.45, 7) is 6.39. The minimum absolute atomic E-state index is 0.0327. The Bertz CT molecular complexity index is 1280. The first kappa shape index (κ1) is 22.8. The van der Waals surface area contributed by atoms with Gasteiger partial charge in [-0.2, -0.15) is 9.61 Å². The molecular weight excluding hydrogens is 456 g/mol. The van der Waals surface area contributed by atoms with E-state index in [4.69, 9.17) is 17.0 Å². The first-order chi connectivity index (χ1) is 15.9. The smallest absolute Gasteiger partial charge is 0.257 e. The number of fused-ring (bicyclic) bond motifs is 1. The number of hydrogen-bond donors (Lipinski definition) is 2. The molecule has 10 heteroatoms. The summed E-state index contributed by atoms with van der Waals surface area (Å²) in [7, 11) is 0. The molecule has 170 valence electrons. The van der Waals surface area contributed by atoms with Crippen LogP contribution in [0.3, 0.4) is 0 Å².